The van der Waals surface area contributed by atoms with Crippen LogP contribution in [0.1, 0.15) is 21.5 Å². The van der Waals surface area contributed by atoms with Gasteiger partial charge in [0.2, 0.25) is 0 Å². The minimum atomic E-state index is -0.261. The van der Waals surface area contributed by atoms with E-state index >= 15 is 0 Å². The molecule has 0 aliphatic heterocycles. The zero-order chi connectivity index (χ0) is 14.5. The number of rotatable bonds is 4. The maximum atomic E-state index is 12.2. The van der Waals surface area contributed by atoms with Crippen molar-refractivity contribution in [3.05, 3.63) is 53.3 Å². The normalized spacial score (nSPS) is 10.1. The molecule has 1 aromatic heterocycles. The zero-order valence-electron chi connectivity index (χ0n) is 11.5. The van der Waals surface area contributed by atoms with Crippen LogP contribution in [0.15, 0.2) is 36.7 Å². The highest BCUT2D eigenvalue weighted by Crippen LogP contribution is 2.23. The molecule has 0 saturated carbocycles. The summed E-state index contributed by atoms with van der Waals surface area (Å²) in [6.07, 6.45) is 3.46. The summed E-state index contributed by atoms with van der Waals surface area (Å²) in [6, 6.07) is 7.03. The Hall–Kier alpha value is -2.56. The van der Waals surface area contributed by atoms with Crippen LogP contribution in [-0.2, 0) is 6.54 Å². The molecule has 1 aromatic carbocycles. The van der Waals surface area contributed by atoms with Gasteiger partial charge in [-0.05, 0) is 36.2 Å². The molecular formula is C15H17N3O2. The number of pyridine rings is 1. The fourth-order valence-electron chi connectivity index (χ4n) is 1.91. The highest BCUT2D eigenvalue weighted by atomic mass is 16.5. The molecule has 5 heteroatoms. The van der Waals surface area contributed by atoms with E-state index in [1.54, 1.807) is 30.6 Å². The highest BCUT2D eigenvalue weighted by molar-refractivity contribution is 6.01. The van der Waals surface area contributed by atoms with Gasteiger partial charge in [-0.15, -0.1) is 0 Å². The van der Waals surface area contributed by atoms with Gasteiger partial charge in [0.05, 0.1) is 7.11 Å². The lowest BCUT2D eigenvalue weighted by Gasteiger charge is -2.12. The molecule has 2 aromatic rings. The minimum absolute atomic E-state index is 0.261. The second-order valence-electron chi connectivity index (χ2n) is 4.41. The van der Waals surface area contributed by atoms with Crippen LogP contribution in [-0.4, -0.2) is 18.0 Å². The summed E-state index contributed by atoms with van der Waals surface area (Å²) < 4.78 is 5.17. The van der Waals surface area contributed by atoms with E-state index in [1.165, 1.54) is 7.11 Å². The van der Waals surface area contributed by atoms with Crippen molar-refractivity contribution in [2.45, 2.75) is 13.5 Å². The van der Waals surface area contributed by atoms with E-state index in [-0.39, 0.29) is 5.91 Å². The van der Waals surface area contributed by atoms with Gasteiger partial charge in [-0.2, -0.15) is 0 Å². The molecule has 0 bridgehead atoms. The van der Waals surface area contributed by atoms with Gasteiger partial charge in [0.15, 0.2) is 0 Å². The number of benzene rings is 1. The zero-order valence-corrected chi connectivity index (χ0v) is 11.5. The molecule has 0 aliphatic carbocycles. The Labute approximate surface area is 117 Å². The van der Waals surface area contributed by atoms with Gasteiger partial charge < -0.3 is 15.8 Å². The lowest BCUT2D eigenvalue weighted by molar-refractivity contribution is 0.0949. The van der Waals surface area contributed by atoms with Gasteiger partial charge in [-0.1, -0.05) is 6.07 Å². The predicted molar refractivity (Wildman–Crippen MR) is 77.6 cm³/mol. The number of aromatic nitrogens is 1. The van der Waals surface area contributed by atoms with E-state index in [9.17, 15) is 4.79 Å². The average Bonchev–Trinajstić information content (AvgIpc) is 2.45. The number of carbonyl (C=O) groups is 1. The number of nitrogens with zero attached hydrogens (tertiary/aromatic N) is 1. The Morgan fingerprint density at radius 2 is 2.20 bits per heavy atom. The van der Waals surface area contributed by atoms with Crippen LogP contribution in [0.2, 0.25) is 0 Å². The third kappa shape index (κ3) is 2.88. The van der Waals surface area contributed by atoms with E-state index in [0.29, 0.717) is 23.5 Å². The van der Waals surface area contributed by atoms with Crippen LogP contribution < -0.4 is 15.8 Å². The summed E-state index contributed by atoms with van der Waals surface area (Å²) in [5, 5.41) is 2.83. The molecule has 0 radical (unpaired) electrons. The van der Waals surface area contributed by atoms with Gasteiger partial charge in [0, 0.05) is 24.6 Å². The number of aryl methyl sites for hydroxylation is 1. The maximum Gasteiger partial charge on any atom is 0.257 e. The lowest BCUT2D eigenvalue weighted by Crippen LogP contribution is -2.24. The largest absolute Gasteiger partial charge is 0.496 e. The Balaban J connectivity index is 2.15. The van der Waals surface area contributed by atoms with Crippen LogP contribution >= 0.6 is 0 Å². The number of hydrogen-bond acceptors (Lipinski definition) is 4. The van der Waals surface area contributed by atoms with E-state index in [2.05, 4.69) is 10.3 Å². The van der Waals surface area contributed by atoms with Crippen LogP contribution in [0.5, 0.6) is 5.75 Å². The van der Waals surface area contributed by atoms with Crippen molar-refractivity contribution < 1.29 is 9.53 Å². The second kappa shape index (κ2) is 6.06. The molecule has 0 atom stereocenters. The Morgan fingerprint density at radius 1 is 1.40 bits per heavy atom. The molecule has 0 saturated heterocycles. The molecule has 0 aliphatic rings. The van der Waals surface area contributed by atoms with Gasteiger partial charge >= 0.3 is 0 Å². The van der Waals surface area contributed by atoms with Gasteiger partial charge in [-0.3, -0.25) is 9.78 Å². The Morgan fingerprint density at radius 3 is 2.90 bits per heavy atom. The lowest BCUT2D eigenvalue weighted by atomic mass is 10.1. The number of nitrogen functional groups attached to an aromatic ring is 1. The van der Waals surface area contributed by atoms with Crippen molar-refractivity contribution in [2.24, 2.45) is 0 Å². The van der Waals surface area contributed by atoms with Crippen LogP contribution in [0.25, 0.3) is 0 Å². The molecule has 1 heterocycles. The molecule has 3 N–H and O–H groups in total. The summed E-state index contributed by atoms with van der Waals surface area (Å²) in [6.45, 7) is 2.37. The molecule has 0 unspecified atom stereocenters. The quantitative estimate of drug-likeness (QED) is 0.833. The number of methoxy groups -OCH3 is 1. The summed E-state index contributed by atoms with van der Waals surface area (Å²) in [5.41, 5.74) is 8.64. The first-order chi connectivity index (χ1) is 9.63. The third-order valence-corrected chi connectivity index (χ3v) is 3.09. The van der Waals surface area contributed by atoms with Crippen LogP contribution in [0, 0.1) is 6.92 Å². The van der Waals surface area contributed by atoms with Crippen LogP contribution in [0.4, 0.5) is 5.69 Å². The van der Waals surface area contributed by atoms with Gasteiger partial charge in [0.1, 0.15) is 11.3 Å². The SMILES string of the molecule is COc1cccc(N)c1C(=O)NCc1cnccc1C. The fraction of sp³-hybridized carbons (Fsp3) is 0.200. The van der Waals surface area contributed by atoms with Crippen molar-refractivity contribution in [3.63, 3.8) is 0 Å². The van der Waals surface area contributed by atoms with Gasteiger partial charge in [0.25, 0.3) is 5.91 Å². The number of hydrogen-bond donors (Lipinski definition) is 2. The number of carbonyl (C=O) groups excluding carboxylic acids is 1. The first kappa shape index (κ1) is 13.9. The average molecular weight is 271 g/mol. The third-order valence-electron chi connectivity index (χ3n) is 3.09. The molecule has 2 rings (SSSR count). The Kier molecular flexibility index (Phi) is 4.20. The Bertz CT molecular complexity index is 626. The molecule has 5 nitrogen and oxygen atoms in total. The molecule has 1 amide bonds. The van der Waals surface area contributed by atoms with E-state index in [4.69, 9.17) is 10.5 Å². The first-order valence-electron chi connectivity index (χ1n) is 6.23. The van der Waals surface area contributed by atoms with E-state index in [1.807, 2.05) is 13.0 Å². The van der Waals surface area contributed by atoms with Crippen molar-refractivity contribution in [1.82, 2.24) is 10.3 Å². The second-order valence-corrected chi connectivity index (χ2v) is 4.41. The topological polar surface area (TPSA) is 77.2 Å². The van der Waals surface area contributed by atoms with Crippen molar-refractivity contribution in [2.75, 3.05) is 12.8 Å². The molecule has 20 heavy (non-hydrogen) atoms. The summed E-state index contributed by atoms with van der Waals surface area (Å²) >= 11 is 0. The predicted octanol–water partition coefficient (Wildman–Crippen LogP) is 1.91. The van der Waals surface area contributed by atoms with Crippen LogP contribution in [0.3, 0.4) is 0 Å². The molecule has 104 valence electrons. The number of anilines is 1. The monoisotopic (exact) mass is 271 g/mol. The number of nitrogens with two attached hydrogens (primary N) is 1. The maximum absolute atomic E-state index is 12.2. The number of ether oxygens (including phenoxy) is 1. The smallest absolute Gasteiger partial charge is 0.257 e. The van der Waals surface area contributed by atoms with Crippen molar-refractivity contribution >= 4 is 11.6 Å². The minimum Gasteiger partial charge on any atom is -0.496 e. The number of amides is 1. The summed E-state index contributed by atoms with van der Waals surface area (Å²) in [7, 11) is 1.51. The molecule has 0 fully saturated rings. The van der Waals surface area contributed by atoms with E-state index < -0.39 is 0 Å². The standard InChI is InChI=1S/C15H17N3O2/c1-10-6-7-17-8-11(10)9-18-15(19)14-12(16)4-3-5-13(14)20-2/h3-8H,9,16H2,1-2H3,(H,18,19). The summed E-state index contributed by atoms with van der Waals surface area (Å²) in [5.74, 6) is 0.202. The molecular weight excluding hydrogens is 254 g/mol. The molecule has 0 spiro atoms. The summed E-state index contributed by atoms with van der Waals surface area (Å²) in [4.78, 5) is 16.3. The fourth-order valence-corrected chi connectivity index (χ4v) is 1.91. The van der Waals surface area contributed by atoms with Crippen molar-refractivity contribution in [3.8, 4) is 5.75 Å². The van der Waals surface area contributed by atoms with Gasteiger partial charge in [-0.25, -0.2) is 0 Å². The first-order valence-corrected chi connectivity index (χ1v) is 6.23. The number of nitrogens with one attached hydrogen (secondary N) is 1. The van der Waals surface area contributed by atoms with Crippen molar-refractivity contribution in [1.29, 1.82) is 0 Å². The highest BCUT2D eigenvalue weighted by Gasteiger charge is 2.15. The van der Waals surface area contributed by atoms with E-state index in [0.717, 1.165) is 11.1 Å².